The van der Waals surface area contributed by atoms with Crippen molar-refractivity contribution in [2.45, 2.75) is 24.9 Å². The standard InChI is InChI=1S/C14H13F3N4O2/c15-14(16,17)8-6-23-11-5-7(10-2-1-3-22-10)4-9(12(8)11)20-21-13(18)19/h1-3,6-7H,4-5H2,(H4,18,19,21). The summed E-state index contributed by atoms with van der Waals surface area (Å²) in [6.45, 7) is 0. The van der Waals surface area contributed by atoms with E-state index < -0.39 is 11.7 Å². The molecule has 3 rings (SSSR count). The summed E-state index contributed by atoms with van der Waals surface area (Å²) < 4.78 is 49.9. The van der Waals surface area contributed by atoms with E-state index >= 15 is 0 Å². The molecule has 1 aliphatic carbocycles. The Morgan fingerprint density at radius 1 is 1.22 bits per heavy atom. The summed E-state index contributed by atoms with van der Waals surface area (Å²) >= 11 is 0. The Morgan fingerprint density at radius 3 is 2.61 bits per heavy atom. The highest BCUT2D eigenvalue weighted by molar-refractivity contribution is 6.04. The zero-order valence-corrected chi connectivity index (χ0v) is 11.8. The molecule has 2 heterocycles. The van der Waals surface area contributed by atoms with Crippen LogP contribution in [0.2, 0.25) is 0 Å². The molecule has 1 unspecified atom stereocenters. The monoisotopic (exact) mass is 326 g/mol. The predicted octanol–water partition coefficient (Wildman–Crippen LogP) is 2.60. The van der Waals surface area contributed by atoms with Gasteiger partial charge >= 0.3 is 6.18 Å². The van der Waals surface area contributed by atoms with Crippen LogP contribution in [0.1, 0.15) is 35.0 Å². The molecule has 0 bridgehead atoms. The van der Waals surface area contributed by atoms with E-state index in [-0.39, 0.29) is 41.8 Å². The summed E-state index contributed by atoms with van der Waals surface area (Å²) in [6, 6.07) is 3.46. The fraction of sp³-hybridized carbons (Fsp3) is 0.286. The molecule has 6 nitrogen and oxygen atoms in total. The normalized spacial score (nSPS) is 19.6. The van der Waals surface area contributed by atoms with E-state index in [1.807, 2.05) is 0 Å². The van der Waals surface area contributed by atoms with Crippen molar-refractivity contribution in [1.82, 2.24) is 0 Å². The van der Waals surface area contributed by atoms with Crippen LogP contribution in [0.25, 0.3) is 0 Å². The quantitative estimate of drug-likeness (QED) is 0.503. The summed E-state index contributed by atoms with van der Waals surface area (Å²) in [6.07, 6.45) is -1.87. The molecule has 0 amide bonds. The van der Waals surface area contributed by atoms with Gasteiger partial charge < -0.3 is 20.3 Å². The first kappa shape index (κ1) is 15.2. The highest BCUT2D eigenvalue weighted by atomic mass is 19.4. The molecular formula is C14H13F3N4O2. The Balaban J connectivity index is 2.08. The maximum absolute atomic E-state index is 13.1. The number of hydrogen-bond donors (Lipinski definition) is 2. The number of halogens is 3. The summed E-state index contributed by atoms with van der Waals surface area (Å²) in [7, 11) is 0. The van der Waals surface area contributed by atoms with Crippen molar-refractivity contribution in [3.05, 3.63) is 47.3 Å². The Hall–Kier alpha value is -2.71. The first-order valence-corrected chi connectivity index (χ1v) is 6.73. The minimum Gasteiger partial charge on any atom is -0.469 e. The zero-order chi connectivity index (χ0) is 16.6. The van der Waals surface area contributed by atoms with Crippen molar-refractivity contribution in [1.29, 1.82) is 0 Å². The lowest BCUT2D eigenvalue weighted by Crippen LogP contribution is -2.24. The van der Waals surface area contributed by atoms with Crippen LogP contribution in [-0.4, -0.2) is 11.7 Å². The molecule has 1 aliphatic rings. The van der Waals surface area contributed by atoms with E-state index in [1.54, 1.807) is 12.1 Å². The molecule has 0 radical (unpaired) electrons. The van der Waals surface area contributed by atoms with Gasteiger partial charge in [-0.15, -0.1) is 5.10 Å². The van der Waals surface area contributed by atoms with E-state index in [2.05, 4.69) is 10.2 Å². The highest BCUT2D eigenvalue weighted by Crippen LogP contribution is 2.41. The Bertz CT molecular complexity index is 756. The molecule has 1 atom stereocenters. The molecule has 2 aromatic rings. The fourth-order valence-electron chi connectivity index (χ4n) is 2.64. The van der Waals surface area contributed by atoms with Crippen LogP contribution >= 0.6 is 0 Å². The van der Waals surface area contributed by atoms with Crippen molar-refractivity contribution in [2.24, 2.45) is 21.7 Å². The number of guanidine groups is 1. The number of nitrogens with zero attached hydrogens (tertiary/aromatic N) is 2. The SMILES string of the molecule is NC(N)=NN=C1CC(c2ccco2)Cc2occ(C(F)(F)F)c21. The van der Waals surface area contributed by atoms with Gasteiger partial charge in [0.15, 0.2) is 0 Å². The van der Waals surface area contributed by atoms with Crippen molar-refractivity contribution in [2.75, 3.05) is 0 Å². The summed E-state index contributed by atoms with van der Waals surface area (Å²) in [5.74, 6) is 0.293. The van der Waals surface area contributed by atoms with Crippen LogP contribution in [0.4, 0.5) is 13.2 Å². The van der Waals surface area contributed by atoms with Crippen molar-refractivity contribution < 1.29 is 22.0 Å². The van der Waals surface area contributed by atoms with E-state index in [0.29, 0.717) is 12.0 Å². The predicted molar refractivity (Wildman–Crippen MR) is 75.8 cm³/mol. The van der Waals surface area contributed by atoms with Gasteiger partial charge in [-0.3, -0.25) is 0 Å². The largest absolute Gasteiger partial charge is 0.469 e. The molecule has 0 fully saturated rings. The number of nitrogens with two attached hydrogens (primary N) is 2. The number of hydrogen-bond acceptors (Lipinski definition) is 4. The van der Waals surface area contributed by atoms with Gasteiger partial charge in [0.25, 0.3) is 0 Å². The van der Waals surface area contributed by atoms with E-state index in [4.69, 9.17) is 20.3 Å². The lowest BCUT2D eigenvalue weighted by Gasteiger charge is -2.21. The molecular weight excluding hydrogens is 313 g/mol. The van der Waals surface area contributed by atoms with Crippen molar-refractivity contribution in [3.8, 4) is 0 Å². The second-order valence-electron chi connectivity index (χ2n) is 5.14. The Kier molecular flexibility index (Phi) is 3.63. The molecule has 0 saturated carbocycles. The molecule has 0 spiro atoms. The summed E-state index contributed by atoms with van der Waals surface area (Å²) in [5.41, 5.74) is 9.57. The molecule has 2 aromatic heterocycles. The van der Waals surface area contributed by atoms with Gasteiger partial charge in [-0.1, -0.05) is 0 Å². The number of furan rings is 2. The number of alkyl halides is 3. The second kappa shape index (κ2) is 5.49. The van der Waals surface area contributed by atoms with E-state index in [9.17, 15) is 13.2 Å². The summed E-state index contributed by atoms with van der Waals surface area (Å²) in [4.78, 5) is 0. The lowest BCUT2D eigenvalue weighted by molar-refractivity contribution is -0.138. The minimum absolute atomic E-state index is 0.0923. The molecule has 0 aromatic carbocycles. The van der Waals surface area contributed by atoms with E-state index in [1.165, 1.54) is 6.26 Å². The van der Waals surface area contributed by atoms with Crippen molar-refractivity contribution in [3.63, 3.8) is 0 Å². The van der Waals surface area contributed by atoms with Crippen LogP contribution in [0.15, 0.2) is 43.7 Å². The maximum atomic E-state index is 13.1. The lowest BCUT2D eigenvalue weighted by atomic mass is 9.84. The molecule has 0 saturated heterocycles. The topological polar surface area (TPSA) is 103 Å². The Morgan fingerprint density at radius 2 is 2.00 bits per heavy atom. The average Bonchev–Trinajstić information content (AvgIpc) is 3.12. The zero-order valence-electron chi connectivity index (χ0n) is 11.8. The second-order valence-corrected chi connectivity index (χ2v) is 5.14. The van der Waals surface area contributed by atoms with E-state index in [0.717, 1.165) is 0 Å². The van der Waals surface area contributed by atoms with Gasteiger partial charge in [0.1, 0.15) is 23.3 Å². The molecule has 9 heteroatoms. The van der Waals surface area contributed by atoms with Gasteiger partial charge in [-0.2, -0.15) is 18.3 Å². The molecule has 23 heavy (non-hydrogen) atoms. The van der Waals surface area contributed by atoms with Gasteiger partial charge in [-0.05, 0) is 12.1 Å². The van der Waals surface area contributed by atoms with Crippen LogP contribution in [-0.2, 0) is 12.6 Å². The first-order valence-electron chi connectivity index (χ1n) is 6.73. The molecule has 122 valence electrons. The first-order chi connectivity index (χ1) is 10.9. The third-order valence-corrected chi connectivity index (χ3v) is 3.56. The van der Waals surface area contributed by atoms with Crippen LogP contribution in [0, 0.1) is 0 Å². The van der Waals surface area contributed by atoms with Gasteiger partial charge in [-0.25, -0.2) is 0 Å². The average molecular weight is 326 g/mol. The smallest absolute Gasteiger partial charge is 0.420 e. The van der Waals surface area contributed by atoms with Gasteiger partial charge in [0.2, 0.25) is 5.96 Å². The molecule has 4 N–H and O–H groups in total. The molecule has 0 aliphatic heterocycles. The van der Waals surface area contributed by atoms with Crippen molar-refractivity contribution >= 4 is 11.7 Å². The van der Waals surface area contributed by atoms with Crippen LogP contribution in [0.3, 0.4) is 0 Å². The summed E-state index contributed by atoms with van der Waals surface area (Å²) in [5, 5.41) is 7.27. The fourth-order valence-corrected chi connectivity index (χ4v) is 2.64. The minimum atomic E-state index is -4.55. The highest BCUT2D eigenvalue weighted by Gasteiger charge is 2.41. The number of rotatable bonds is 2. The van der Waals surface area contributed by atoms with Gasteiger partial charge in [0.05, 0.1) is 17.5 Å². The van der Waals surface area contributed by atoms with Gasteiger partial charge in [0, 0.05) is 18.8 Å². The third-order valence-electron chi connectivity index (χ3n) is 3.56. The Labute approximate surface area is 128 Å². The maximum Gasteiger partial charge on any atom is 0.420 e. The third kappa shape index (κ3) is 2.94. The van der Waals surface area contributed by atoms with Crippen LogP contribution < -0.4 is 11.5 Å². The number of fused-ring (bicyclic) bond motifs is 1. The van der Waals surface area contributed by atoms with Crippen LogP contribution in [0.5, 0.6) is 0 Å².